The van der Waals surface area contributed by atoms with Gasteiger partial charge in [0.25, 0.3) is 0 Å². The molecule has 162 valence electrons. The summed E-state index contributed by atoms with van der Waals surface area (Å²) < 4.78 is 36.9. The van der Waals surface area contributed by atoms with E-state index in [-0.39, 0.29) is 23.7 Å². The van der Waals surface area contributed by atoms with Crippen molar-refractivity contribution in [1.29, 1.82) is 0 Å². The van der Waals surface area contributed by atoms with Crippen LogP contribution in [0.15, 0.2) is 53.1 Å². The number of carbonyl (C=O) groups excluding carboxylic acids is 1. The van der Waals surface area contributed by atoms with Gasteiger partial charge in [0.1, 0.15) is 23.4 Å². The van der Waals surface area contributed by atoms with Crippen LogP contribution in [0.5, 0.6) is 5.75 Å². The number of aromatic nitrogens is 2. The quantitative estimate of drug-likeness (QED) is 0.615. The lowest BCUT2D eigenvalue weighted by Crippen LogP contribution is -2.39. The molecule has 3 aromatic rings. The molecule has 0 saturated carbocycles. The highest BCUT2D eigenvalue weighted by atomic mass is 19.1. The number of nitrogens with one attached hydrogen (secondary N) is 1. The van der Waals surface area contributed by atoms with Gasteiger partial charge in [-0.1, -0.05) is 17.3 Å². The minimum absolute atomic E-state index is 0.230. The second kappa shape index (κ2) is 9.55. The van der Waals surface area contributed by atoms with Gasteiger partial charge in [-0.2, -0.15) is 4.98 Å². The van der Waals surface area contributed by atoms with Crippen LogP contribution < -0.4 is 10.1 Å². The van der Waals surface area contributed by atoms with Gasteiger partial charge in [-0.05, 0) is 54.8 Å². The Morgan fingerprint density at radius 3 is 2.58 bits per heavy atom. The highest BCUT2D eigenvalue weighted by Gasteiger charge is 2.34. The predicted molar refractivity (Wildman–Crippen MR) is 107 cm³/mol. The van der Waals surface area contributed by atoms with Crippen LogP contribution >= 0.6 is 0 Å². The number of nitrogens with zero attached hydrogens (tertiary/aromatic N) is 3. The largest absolute Gasteiger partial charge is 0.493 e. The van der Waals surface area contributed by atoms with Crippen LogP contribution in [-0.4, -0.2) is 34.2 Å². The van der Waals surface area contributed by atoms with E-state index in [0.717, 1.165) is 18.4 Å². The molecule has 7 nitrogen and oxygen atoms in total. The molecule has 1 saturated heterocycles. The summed E-state index contributed by atoms with van der Waals surface area (Å²) in [6.45, 7) is 1.21. The van der Waals surface area contributed by atoms with E-state index in [1.165, 1.54) is 24.3 Å². The minimum atomic E-state index is -0.321. The number of rotatable bonds is 7. The normalized spacial score (nSPS) is 15.8. The number of amides is 2. The summed E-state index contributed by atoms with van der Waals surface area (Å²) in [7, 11) is 0. The zero-order valence-electron chi connectivity index (χ0n) is 16.8. The topological polar surface area (TPSA) is 80.5 Å². The number of benzene rings is 2. The first-order chi connectivity index (χ1) is 15.1. The lowest BCUT2D eigenvalue weighted by atomic mass is 10.2. The number of hydrogen-bond acceptors (Lipinski definition) is 5. The molecule has 1 atom stereocenters. The Hall–Kier alpha value is -3.49. The third kappa shape index (κ3) is 5.36. The van der Waals surface area contributed by atoms with Gasteiger partial charge in [-0.3, -0.25) is 0 Å². The fourth-order valence-electron chi connectivity index (χ4n) is 3.44. The molecule has 2 aromatic carbocycles. The summed E-state index contributed by atoms with van der Waals surface area (Å²) in [6, 6.07) is 11.2. The summed E-state index contributed by atoms with van der Waals surface area (Å²) in [6.07, 6.45) is 1.99. The lowest BCUT2D eigenvalue weighted by Gasteiger charge is -2.22. The average molecular weight is 428 g/mol. The summed E-state index contributed by atoms with van der Waals surface area (Å²) in [5.74, 6) is 0.801. The molecule has 1 aliphatic rings. The summed E-state index contributed by atoms with van der Waals surface area (Å²) in [5.41, 5.74) is 0.812. The van der Waals surface area contributed by atoms with Crippen LogP contribution in [0, 0.1) is 11.6 Å². The smallest absolute Gasteiger partial charge is 0.318 e. The maximum atomic E-state index is 13.0. The number of halogens is 2. The SMILES string of the molecule is O=C(NCc1ccc(F)cc1)N1CCCC1c1nc(CCOc2ccc(F)cc2)no1. The molecule has 9 heteroatoms. The second-order valence-electron chi connectivity index (χ2n) is 7.24. The molecule has 1 fully saturated rings. The highest BCUT2D eigenvalue weighted by Crippen LogP contribution is 2.30. The number of urea groups is 1. The molecule has 31 heavy (non-hydrogen) atoms. The first-order valence-electron chi connectivity index (χ1n) is 10.1. The minimum Gasteiger partial charge on any atom is -0.493 e. The van der Waals surface area contributed by atoms with Crippen LogP contribution in [0.25, 0.3) is 0 Å². The zero-order valence-corrected chi connectivity index (χ0v) is 16.8. The maximum absolute atomic E-state index is 13.0. The van der Waals surface area contributed by atoms with Crippen molar-refractivity contribution < 1.29 is 22.8 Å². The summed E-state index contributed by atoms with van der Waals surface area (Å²) >= 11 is 0. The van der Waals surface area contributed by atoms with Crippen LogP contribution in [-0.2, 0) is 13.0 Å². The van der Waals surface area contributed by atoms with Crippen molar-refractivity contribution in [2.75, 3.05) is 13.2 Å². The third-order valence-corrected chi connectivity index (χ3v) is 5.05. The van der Waals surface area contributed by atoms with Gasteiger partial charge >= 0.3 is 6.03 Å². The Morgan fingerprint density at radius 2 is 1.84 bits per heavy atom. The molecule has 1 aromatic heterocycles. The molecule has 1 aliphatic heterocycles. The van der Waals surface area contributed by atoms with E-state index in [1.807, 2.05) is 0 Å². The Balaban J connectivity index is 1.30. The van der Waals surface area contributed by atoms with E-state index in [4.69, 9.17) is 9.26 Å². The van der Waals surface area contributed by atoms with E-state index in [2.05, 4.69) is 15.5 Å². The molecular weight excluding hydrogens is 406 g/mol. The maximum Gasteiger partial charge on any atom is 0.318 e. The van der Waals surface area contributed by atoms with Gasteiger partial charge in [-0.25, -0.2) is 13.6 Å². The van der Waals surface area contributed by atoms with Crippen molar-refractivity contribution in [2.24, 2.45) is 0 Å². The molecule has 0 aliphatic carbocycles. The van der Waals surface area contributed by atoms with Gasteiger partial charge < -0.3 is 19.5 Å². The van der Waals surface area contributed by atoms with Crippen LogP contribution in [0.3, 0.4) is 0 Å². The van der Waals surface area contributed by atoms with Crippen molar-refractivity contribution in [1.82, 2.24) is 20.4 Å². The van der Waals surface area contributed by atoms with Crippen molar-refractivity contribution in [3.05, 3.63) is 77.4 Å². The van der Waals surface area contributed by atoms with E-state index in [0.29, 0.717) is 43.6 Å². The van der Waals surface area contributed by atoms with E-state index < -0.39 is 0 Å². The van der Waals surface area contributed by atoms with Gasteiger partial charge in [0.05, 0.1) is 6.61 Å². The molecule has 2 amide bonds. The van der Waals surface area contributed by atoms with Crippen LogP contribution in [0.2, 0.25) is 0 Å². The fourth-order valence-corrected chi connectivity index (χ4v) is 3.44. The number of ether oxygens (including phenoxy) is 1. The Morgan fingerprint density at radius 1 is 1.13 bits per heavy atom. The molecule has 2 heterocycles. The Kier molecular flexibility index (Phi) is 6.40. The molecular formula is C22H22F2N4O3. The average Bonchev–Trinajstić information content (AvgIpc) is 3.44. The van der Waals surface area contributed by atoms with Gasteiger partial charge in [-0.15, -0.1) is 0 Å². The molecule has 0 radical (unpaired) electrons. The van der Waals surface area contributed by atoms with Crippen LogP contribution in [0.1, 0.15) is 36.2 Å². The molecule has 0 bridgehead atoms. The van der Waals surface area contributed by atoms with Crippen molar-refractivity contribution in [3.63, 3.8) is 0 Å². The first-order valence-corrected chi connectivity index (χ1v) is 10.1. The van der Waals surface area contributed by atoms with E-state index in [1.54, 1.807) is 29.2 Å². The van der Waals surface area contributed by atoms with Crippen LogP contribution in [0.4, 0.5) is 13.6 Å². The van der Waals surface area contributed by atoms with Crippen molar-refractivity contribution in [2.45, 2.75) is 31.8 Å². The van der Waals surface area contributed by atoms with Crippen molar-refractivity contribution in [3.8, 4) is 5.75 Å². The predicted octanol–water partition coefficient (Wildman–Crippen LogP) is 4.02. The Labute approximate surface area is 178 Å². The van der Waals surface area contributed by atoms with Gasteiger partial charge in [0, 0.05) is 19.5 Å². The van der Waals surface area contributed by atoms with Gasteiger partial charge in [0.2, 0.25) is 5.89 Å². The second-order valence-corrected chi connectivity index (χ2v) is 7.24. The number of carbonyl (C=O) groups is 1. The molecule has 1 unspecified atom stereocenters. The molecule has 4 rings (SSSR count). The molecule has 1 N–H and O–H groups in total. The monoisotopic (exact) mass is 428 g/mol. The summed E-state index contributed by atoms with van der Waals surface area (Å²) in [4.78, 5) is 18.7. The Bertz CT molecular complexity index is 1010. The number of likely N-dealkylation sites (tertiary alicyclic amines) is 1. The number of hydrogen-bond donors (Lipinski definition) is 1. The molecule has 0 spiro atoms. The zero-order chi connectivity index (χ0) is 21.6. The van der Waals surface area contributed by atoms with E-state index >= 15 is 0 Å². The summed E-state index contributed by atoms with van der Waals surface area (Å²) in [5, 5.41) is 6.83. The standard InChI is InChI=1S/C22H22F2N4O3/c23-16-5-3-15(4-6-16)14-25-22(29)28-12-1-2-19(28)21-26-20(27-31-21)11-13-30-18-9-7-17(24)8-10-18/h3-10,19H,1-2,11-14H2,(H,25,29). The lowest BCUT2D eigenvalue weighted by molar-refractivity contribution is 0.180. The van der Waals surface area contributed by atoms with Gasteiger partial charge in [0.15, 0.2) is 5.82 Å². The fraction of sp³-hybridized carbons (Fsp3) is 0.318. The van der Waals surface area contributed by atoms with Crippen molar-refractivity contribution >= 4 is 6.03 Å². The highest BCUT2D eigenvalue weighted by molar-refractivity contribution is 5.74. The van der Waals surface area contributed by atoms with E-state index in [9.17, 15) is 13.6 Å². The first kappa shape index (κ1) is 20.8. The third-order valence-electron chi connectivity index (χ3n) is 5.05.